The fourth-order valence-electron chi connectivity index (χ4n) is 5.29. The smallest absolute Gasteiger partial charge is 0.272 e. The fraction of sp³-hybridized carbons (Fsp3) is 0.429. The maximum absolute atomic E-state index is 13.4. The average molecular weight is 660 g/mol. The van der Waals surface area contributed by atoms with Gasteiger partial charge in [-0.3, -0.25) is 24.0 Å². The number of imidazole rings is 1. The number of hydrogen-bond acceptors (Lipinski definition) is 7. The molecule has 2 aliphatic rings. The number of nitrogens with zero attached hydrogens (tertiary/aromatic N) is 2. The predicted octanol–water partition coefficient (Wildman–Crippen LogP) is 2.12. The topological polar surface area (TPSA) is 175 Å². The molecule has 0 saturated carbocycles. The zero-order valence-corrected chi connectivity index (χ0v) is 27.9. The zero-order chi connectivity index (χ0) is 34.6. The number of aryl methyl sites for hydroxylation is 1. The van der Waals surface area contributed by atoms with Crippen molar-refractivity contribution in [2.24, 2.45) is 5.92 Å². The Hall–Kier alpha value is -5.20. The van der Waals surface area contributed by atoms with Gasteiger partial charge in [0.15, 0.2) is 6.61 Å². The molecule has 5 amide bonds. The molecular formula is C35H45N7O6. The van der Waals surface area contributed by atoms with Crippen molar-refractivity contribution in [1.82, 2.24) is 36.1 Å². The molecule has 2 atom stereocenters. The van der Waals surface area contributed by atoms with Crippen LogP contribution >= 0.6 is 0 Å². The van der Waals surface area contributed by atoms with Crippen molar-refractivity contribution in [1.29, 1.82) is 0 Å². The second-order valence-electron chi connectivity index (χ2n) is 12.3. The molecule has 0 unspecified atom stereocenters. The van der Waals surface area contributed by atoms with Crippen molar-refractivity contribution < 1.29 is 28.7 Å². The molecule has 0 saturated heterocycles. The van der Waals surface area contributed by atoms with Crippen molar-refractivity contribution in [3.05, 3.63) is 71.5 Å². The molecule has 13 nitrogen and oxygen atoms in total. The van der Waals surface area contributed by atoms with Crippen LogP contribution in [-0.2, 0) is 25.6 Å². The molecule has 1 aromatic heterocycles. The highest BCUT2D eigenvalue weighted by Gasteiger charge is 2.26. The van der Waals surface area contributed by atoms with Gasteiger partial charge in [0, 0.05) is 50.8 Å². The van der Waals surface area contributed by atoms with Gasteiger partial charge in [-0.1, -0.05) is 56.3 Å². The Morgan fingerprint density at radius 3 is 2.44 bits per heavy atom. The second kappa shape index (κ2) is 17.1. The first-order chi connectivity index (χ1) is 23.0. The summed E-state index contributed by atoms with van der Waals surface area (Å²) in [5, 5.41) is 11.3. The largest absolute Gasteiger partial charge is 0.484 e. The van der Waals surface area contributed by atoms with Crippen LogP contribution in [0.25, 0.3) is 11.4 Å². The zero-order valence-electron chi connectivity index (χ0n) is 27.9. The molecule has 3 heterocycles. The summed E-state index contributed by atoms with van der Waals surface area (Å²) in [6.45, 7) is 6.13. The van der Waals surface area contributed by atoms with E-state index >= 15 is 0 Å². The lowest BCUT2D eigenvalue weighted by Crippen LogP contribution is -2.50. The van der Waals surface area contributed by atoms with E-state index in [2.05, 4.69) is 31.2 Å². The summed E-state index contributed by atoms with van der Waals surface area (Å²) in [6, 6.07) is 14.6. The lowest BCUT2D eigenvalue weighted by Gasteiger charge is -2.26. The highest BCUT2D eigenvalue weighted by atomic mass is 16.5. The molecule has 0 spiro atoms. The number of aromatic nitrogens is 2. The molecule has 256 valence electrons. The standard InChI is InChI=1S/C35H45N7O6/c1-22(2)19-28-35(47)42(4)18-17-36-30(44)21-48-26-14-12-24(13-15-26)20-27(33(45)37-16-8-11-29(43)39-28)40-34(46)31-23(3)38-32(41-31)25-9-6-5-7-10-25/h5-7,9-10,12-15,22,27-28H,8,11,16-21H2,1-4H3,(H,36,44)(H,37,45)(H,38,41)(H,39,43)(H,40,46)/t27-,28-/m0/s1. The molecule has 48 heavy (non-hydrogen) atoms. The Bertz CT molecular complexity index is 1570. The van der Waals surface area contributed by atoms with Gasteiger partial charge in [0.25, 0.3) is 11.8 Å². The Morgan fingerprint density at radius 1 is 1.00 bits per heavy atom. The minimum Gasteiger partial charge on any atom is -0.484 e. The number of benzene rings is 2. The lowest BCUT2D eigenvalue weighted by atomic mass is 10.0. The van der Waals surface area contributed by atoms with Gasteiger partial charge < -0.3 is 35.9 Å². The van der Waals surface area contributed by atoms with E-state index in [1.807, 2.05) is 44.2 Å². The molecule has 2 aliphatic heterocycles. The third-order valence-corrected chi connectivity index (χ3v) is 7.87. The molecule has 0 aliphatic carbocycles. The third kappa shape index (κ3) is 10.4. The van der Waals surface area contributed by atoms with Gasteiger partial charge >= 0.3 is 0 Å². The maximum Gasteiger partial charge on any atom is 0.272 e. The summed E-state index contributed by atoms with van der Waals surface area (Å²) in [6.07, 6.45) is 1.04. The molecule has 5 rings (SSSR count). The Balaban J connectivity index is 1.50. The number of carbonyl (C=O) groups excluding carboxylic acids is 5. The van der Waals surface area contributed by atoms with Gasteiger partial charge in [0.2, 0.25) is 17.7 Å². The van der Waals surface area contributed by atoms with Crippen molar-refractivity contribution in [3.8, 4) is 17.1 Å². The van der Waals surface area contributed by atoms with Crippen LogP contribution in [-0.4, -0.2) is 89.8 Å². The summed E-state index contributed by atoms with van der Waals surface area (Å²) in [5.41, 5.74) is 2.31. The number of hydrogen-bond donors (Lipinski definition) is 5. The number of nitrogens with one attached hydrogen (secondary N) is 5. The molecule has 0 radical (unpaired) electrons. The van der Waals surface area contributed by atoms with Crippen LogP contribution in [0.5, 0.6) is 5.75 Å². The van der Waals surface area contributed by atoms with Crippen LogP contribution in [0.2, 0.25) is 0 Å². The number of carbonyl (C=O) groups is 5. The van der Waals surface area contributed by atoms with E-state index in [0.29, 0.717) is 30.1 Å². The molecule has 5 N–H and O–H groups in total. The minimum atomic E-state index is -0.957. The number of fused-ring (bicyclic) bond motifs is 19. The van der Waals surface area contributed by atoms with Crippen LogP contribution < -0.4 is 26.0 Å². The molecule has 3 aromatic rings. The fourth-order valence-corrected chi connectivity index (χ4v) is 5.29. The van der Waals surface area contributed by atoms with Crippen molar-refractivity contribution in [2.75, 3.05) is 33.3 Å². The third-order valence-electron chi connectivity index (χ3n) is 7.87. The van der Waals surface area contributed by atoms with Gasteiger partial charge in [-0.2, -0.15) is 0 Å². The van der Waals surface area contributed by atoms with E-state index in [9.17, 15) is 24.0 Å². The first kappa shape index (κ1) is 35.7. The predicted molar refractivity (Wildman–Crippen MR) is 180 cm³/mol. The minimum absolute atomic E-state index is 0.0924. The first-order valence-corrected chi connectivity index (χ1v) is 16.2. The van der Waals surface area contributed by atoms with E-state index in [0.717, 1.165) is 11.1 Å². The normalized spacial score (nSPS) is 19.0. The van der Waals surface area contributed by atoms with Gasteiger partial charge in [-0.25, -0.2) is 4.98 Å². The van der Waals surface area contributed by atoms with E-state index in [-0.39, 0.29) is 68.4 Å². The summed E-state index contributed by atoms with van der Waals surface area (Å²) < 4.78 is 5.63. The van der Waals surface area contributed by atoms with E-state index in [1.54, 1.807) is 38.2 Å². The van der Waals surface area contributed by atoms with E-state index in [1.165, 1.54) is 4.90 Å². The molecule has 2 aromatic carbocycles. The van der Waals surface area contributed by atoms with Gasteiger partial charge in [0.05, 0.1) is 0 Å². The number of H-pyrrole nitrogens is 1. The average Bonchev–Trinajstić information content (AvgIpc) is 3.46. The van der Waals surface area contributed by atoms with Crippen LogP contribution in [0, 0.1) is 12.8 Å². The van der Waals surface area contributed by atoms with Crippen molar-refractivity contribution >= 4 is 29.5 Å². The van der Waals surface area contributed by atoms with E-state index < -0.39 is 23.9 Å². The van der Waals surface area contributed by atoms with Crippen molar-refractivity contribution in [3.63, 3.8) is 0 Å². The highest BCUT2D eigenvalue weighted by Crippen LogP contribution is 2.18. The summed E-state index contributed by atoms with van der Waals surface area (Å²) in [7, 11) is 1.63. The Morgan fingerprint density at radius 2 is 1.73 bits per heavy atom. The summed E-state index contributed by atoms with van der Waals surface area (Å²) in [5.74, 6) is -0.691. The molecule has 0 fully saturated rings. The van der Waals surface area contributed by atoms with Crippen LogP contribution in [0.15, 0.2) is 54.6 Å². The van der Waals surface area contributed by atoms with Crippen LogP contribution in [0.1, 0.15) is 54.9 Å². The number of ether oxygens (including phenoxy) is 1. The first-order valence-electron chi connectivity index (χ1n) is 16.2. The summed E-state index contributed by atoms with van der Waals surface area (Å²) in [4.78, 5) is 74.4. The van der Waals surface area contributed by atoms with Gasteiger partial charge in [0.1, 0.15) is 29.4 Å². The quantitative estimate of drug-likeness (QED) is 0.261. The van der Waals surface area contributed by atoms with Crippen LogP contribution in [0.4, 0.5) is 0 Å². The number of rotatable bonds is 5. The molecular weight excluding hydrogens is 614 g/mol. The lowest BCUT2D eigenvalue weighted by molar-refractivity contribution is -0.136. The molecule has 13 heteroatoms. The second-order valence-corrected chi connectivity index (χ2v) is 12.3. The highest BCUT2D eigenvalue weighted by molar-refractivity contribution is 5.97. The van der Waals surface area contributed by atoms with Gasteiger partial charge in [-0.15, -0.1) is 0 Å². The number of likely N-dealkylation sites (N-methyl/N-ethyl adjacent to an activating group) is 1. The molecule has 2 bridgehead atoms. The number of aromatic amines is 1. The Kier molecular flexibility index (Phi) is 12.7. The van der Waals surface area contributed by atoms with E-state index in [4.69, 9.17) is 4.74 Å². The Labute approximate surface area is 280 Å². The number of amides is 5. The van der Waals surface area contributed by atoms with Gasteiger partial charge in [-0.05, 0) is 43.4 Å². The maximum atomic E-state index is 13.4. The SMILES string of the molecule is Cc1[nH]c(-c2ccccc2)nc1C(=O)N[C@H]1Cc2ccc(cc2)OCC(=O)NCCN(C)C(=O)[C@H](CC(C)C)NC(=O)CCCNC1=O. The van der Waals surface area contributed by atoms with Crippen molar-refractivity contribution in [2.45, 2.75) is 58.5 Å². The monoisotopic (exact) mass is 659 g/mol. The van der Waals surface area contributed by atoms with Crippen LogP contribution in [0.3, 0.4) is 0 Å². The summed E-state index contributed by atoms with van der Waals surface area (Å²) >= 11 is 0.